The quantitative estimate of drug-likeness (QED) is 0.912. The molecule has 0 amide bonds. The molecule has 0 bridgehead atoms. The van der Waals surface area contributed by atoms with Gasteiger partial charge in [0.25, 0.3) is 0 Å². The van der Waals surface area contributed by atoms with Gasteiger partial charge in [0, 0.05) is 29.3 Å². The highest BCUT2D eigenvalue weighted by Crippen LogP contribution is 2.28. The van der Waals surface area contributed by atoms with E-state index in [1.165, 1.54) is 5.56 Å². The molecule has 0 saturated carbocycles. The zero-order valence-corrected chi connectivity index (χ0v) is 13.8. The number of nitrogens with one attached hydrogen (secondary N) is 1. The van der Waals surface area contributed by atoms with Crippen LogP contribution < -0.4 is 10.2 Å². The Bertz CT molecular complexity index is 598. The number of halogens is 1. The molecule has 0 radical (unpaired) electrons. The van der Waals surface area contributed by atoms with Crippen LogP contribution in [0.15, 0.2) is 35.1 Å². The molecule has 0 unspecified atom stereocenters. The van der Waals surface area contributed by atoms with Gasteiger partial charge in [0.2, 0.25) is 0 Å². The number of rotatable bonds is 4. The van der Waals surface area contributed by atoms with E-state index in [0.29, 0.717) is 6.04 Å². The lowest BCUT2D eigenvalue weighted by Crippen LogP contribution is -2.15. The number of aryl methyl sites for hydroxylation is 1. The molecule has 106 valence electrons. The fourth-order valence-corrected chi connectivity index (χ4v) is 2.32. The zero-order chi connectivity index (χ0) is 14.7. The third-order valence-electron chi connectivity index (χ3n) is 2.97. The third-order valence-corrected chi connectivity index (χ3v) is 3.46. The summed E-state index contributed by atoms with van der Waals surface area (Å²) in [4.78, 5) is 10.7. The summed E-state index contributed by atoms with van der Waals surface area (Å²) >= 11 is 3.51. The van der Waals surface area contributed by atoms with Gasteiger partial charge in [-0.15, -0.1) is 0 Å². The van der Waals surface area contributed by atoms with Crippen LogP contribution in [0.25, 0.3) is 0 Å². The minimum absolute atomic E-state index is 0.343. The van der Waals surface area contributed by atoms with Crippen LogP contribution in [0.5, 0.6) is 0 Å². The summed E-state index contributed by atoms with van der Waals surface area (Å²) in [5.41, 5.74) is 2.32. The number of hydrogen-bond donors (Lipinski definition) is 1. The lowest BCUT2D eigenvalue weighted by molar-refractivity contribution is 0.885. The van der Waals surface area contributed by atoms with E-state index in [2.05, 4.69) is 69.0 Å². The molecule has 0 atom stereocenters. The largest absolute Gasteiger partial charge is 0.368 e. The van der Waals surface area contributed by atoms with Gasteiger partial charge in [-0.05, 0) is 38.5 Å². The molecule has 2 aromatic rings. The molecule has 1 N–H and O–H groups in total. The van der Waals surface area contributed by atoms with E-state index >= 15 is 0 Å². The van der Waals surface area contributed by atoms with Crippen LogP contribution in [-0.2, 0) is 0 Å². The van der Waals surface area contributed by atoms with Crippen molar-refractivity contribution in [1.82, 2.24) is 9.97 Å². The SMILES string of the molecule is Cc1ccc(Br)cc1N(C)c1cc(NC(C)C)ncn1. The van der Waals surface area contributed by atoms with Crippen molar-refractivity contribution in [2.75, 3.05) is 17.3 Å². The van der Waals surface area contributed by atoms with E-state index < -0.39 is 0 Å². The van der Waals surface area contributed by atoms with Crippen molar-refractivity contribution in [1.29, 1.82) is 0 Å². The second-order valence-corrected chi connectivity index (χ2v) is 5.97. The van der Waals surface area contributed by atoms with Crippen LogP contribution in [0.4, 0.5) is 17.3 Å². The van der Waals surface area contributed by atoms with E-state index in [1.807, 2.05) is 19.2 Å². The van der Waals surface area contributed by atoms with Gasteiger partial charge >= 0.3 is 0 Å². The summed E-state index contributed by atoms with van der Waals surface area (Å²) in [5, 5.41) is 3.29. The Hall–Kier alpha value is -1.62. The van der Waals surface area contributed by atoms with Gasteiger partial charge in [0.05, 0.1) is 0 Å². The Labute approximate surface area is 128 Å². The monoisotopic (exact) mass is 334 g/mol. The average molecular weight is 335 g/mol. The number of nitrogens with zero attached hydrogens (tertiary/aromatic N) is 3. The Morgan fingerprint density at radius 3 is 2.65 bits per heavy atom. The first-order valence-electron chi connectivity index (χ1n) is 6.56. The maximum absolute atomic E-state index is 4.35. The molecule has 20 heavy (non-hydrogen) atoms. The second-order valence-electron chi connectivity index (χ2n) is 5.05. The van der Waals surface area contributed by atoms with Crippen molar-refractivity contribution in [3.63, 3.8) is 0 Å². The van der Waals surface area contributed by atoms with Crippen LogP contribution in [0.1, 0.15) is 19.4 Å². The lowest BCUT2D eigenvalue weighted by atomic mass is 10.2. The Balaban J connectivity index is 2.33. The molecule has 1 aromatic heterocycles. The van der Waals surface area contributed by atoms with E-state index in [9.17, 15) is 0 Å². The predicted octanol–water partition coefficient (Wildman–Crippen LogP) is 4.14. The van der Waals surface area contributed by atoms with Gasteiger partial charge in [-0.25, -0.2) is 9.97 Å². The molecule has 0 aliphatic rings. The van der Waals surface area contributed by atoms with E-state index in [-0.39, 0.29) is 0 Å². The molecule has 1 heterocycles. The first kappa shape index (κ1) is 14.8. The average Bonchev–Trinajstić information content (AvgIpc) is 2.40. The lowest BCUT2D eigenvalue weighted by Gasteiger charge is -2.21. The highest BCUT2D eigenvalue weighted by atomic mass is 79.9. The first-order valence-corrected chi connectivity index (χ1v) is 7.35. The summed E-state index contributed by atoms with van der Waals surface area (Å²) in [6.45, 7) is 6.26. The first-order chi connectivity index (χ1) is 9.47. The number of anilines is 3. The van der Waals surface area contributed by atoms with Gasteiger partial charge in [-0.1, -0.05) is 22.0 Å². The molecule has 0 spiro atoms. The summed E-state index contributed by atoms with van der Waals surface area (Å²) in [6, 6.07) is 8.52. The van der Waals surface area contributed by atoms with Crippen LogP contribution in [0, 0.1) is 6.92 Å². The Morgan fingerprint density at radius 2 is 1.95 bits per heavy atom. The molecule has 0 saturated heterocycles. The van der Waals surface area contributed by atoms with Crippen molar-refractivity contribution >= 4 is 33.3 Å². The van der Waals surface area contributed by atoms with Gasteiger partial charge in [0.15, 0.2) is 0 Å². The summed E-state index contributed by atoms with van der Waals surface area (Å²) in [7, 11) is 2.01. The smallest absolute Gasteiger partial charge is 0.138 e. The van der Waals surface area contributed by atoms with Gasteiger partial charge < -0.3 is 10.2 Å². The van der Waals surface area contributed by atoms with Gasteiger partial charge in [0.1, 0.15) is 18.0 Å². The zero-order valence-electron chi connectivity index (χ0n) is 12.2. The van der Waals surface area contributed by atoms with Crippen LogP contribution in [-0.4, -0.2) is 23.1 Å². The normalized spacial score (nSPS) is 10.7. The highest BCUT2D eigenvalue weighted by Gasteiger charge is 2.10. The van der Waals surface area contributed by atoms with Crippen LogP contribution >= 0.6 is 15.9 Å². The van der Waals surface area contributed by atoms with Crippen molar-refractivity contribution in [2.45, 2.75) is 26.8 Å². The predicted molar refractivity (Wildman–Crippen MR) is 87.7 cm³/mol. The third kappa shape index (κ3) is 3.48. The van der Waals surface area contributed by atoms with Crippen molar-refractivity contribution < 1.29 is 0 Å². The molecular weight excluding hydrogens is 316 g/mol. The number of hydrogen-bond acceptors (Lipinski definition) is 4. The molecule has 4 nitrogen and oxygen atoms in total. The van der Waals surface area contributed by atoms with Crippen LogP contribution in [0.2, 0.25) is 0 Å². The highest BCUT2D eigenvalue weighted by molar-refractivity contribution is 9.10. The summed E-state index contributed by atoms with van der Waals surface area (Å²) in [6.07, 6.45) is 1.59. The standard InChI is InChI=1S/C15H19BrN4/c1-10(2)19-14-8-15(18-9-17-14)20(4)13-7-12(16)6-5-11(13)3/h5-10H,1-4H3,(H,17,18,19). The van der Waals surface area contributed by atoms with E-state index in [0.717, 1.165) is 21.8 Å². The maximum Gasteiger partial charge on any atom is 0.138 e. The molecular formula is C15H19BrN4. The summed E-state index contributed by atoms with van der Waals surface area (Å²) < 4.78 is 1.06. The molecule has 0 aliphatic heterocycles. The van der Waals surface area contributed by atoms with Crippen LogP contribution in [0.3, 0.4) is 0 Å². The number of benzene rings is 1. The Morgan fingerprint density at radius 1 is 1.20 bits per heavy atom. The molecule has 5 heteroatoms. The molecule has 0 aliphatic carbocycles. The van der Waals surface area contributed by atoms with E-state index in [1.54, 1.807) is 6.33 Å². The minimum atomic E-state index is 0.343. The van der Waals surface area contributed by atoms with Crippen molar-refractivity contribution in [2.24, 2.45) is 0 Å². The van der Waals surface area contributed by atoms with Gasteiger partial charge in [-0.2, -0.15) is 0 Å². The second kappa shape index (κ2) is 6.22. The summed E-state index contributed by atoms with van der Waals surface area (Å²) in [5.74, 6) is 1.70. The van der Waals surface area contributed by atoms with Crippen molar-refractivity contribution in [3.05, 3.63) is 40.6 Å². The van der Waals surface area contributed by atoms with Crippen molar-refractivity contribution in [3.8, 4) is 0 Å². The van der Waals surface area contributed by atoms with E-state index in [4.69, 9.17) is 0 Å². The number of aromatic nitrogens is 2. The van der Waals surface area contributed by atoms with Gasteiger partial charge in [-0.3, -0.25) is 0 Å². The maximum atomic E-state index is 4.35. The fraction of sp³-hybridized carbons (Fsp3) is 0.333. The molecule has 1 aromatic carbocycles. The fourth-order valence-electron chi connectivity index (χ4n) is 1.97. The molecule has 0 fully saturated rings. The molecule has 2 rings (SSSR count). The minimum Gasteiger partial charge on any atom is -0.368 e. The topological polar surface area (TPSA) is 41.0 Å². The Kier molecular flexibility index (Phi) is 4.60.